The average Bonchev–Trinajstić information content (AvgIpc) is 2.71. The van der Waals surface area contributed by atoms with E-state index >= 15 is 0 Å². The third-order valence-corrected chi connectivity index (χ3v) is 2.68. The zero-order valence-corrected chi connectivity index (χ0v) is 9.80. The number of piperazine rings is 1. The first kappa shape index (κ1) is 10.9. The highest BCUT2D eigenvalue weighted by atomic mass is 16.5. The van der Waals surface area contributed by atoms with Crippen LogP contribution in [0, 0.1) is 0 Å². The summed E-state index contributed by atoms with van der Waals surface area (Å²) in [6.07, 6.45) is 0. The van der Waals surface area contributed by atoms with Gasteiger partial charge in [0.2, 0.25) is 5.91 Å². The van der Waals surface area contributed by atoms with E-state index in [0.29, 0.717) is 24.9 Å². The van der Waals surface area contributed by atoms with Crippen molar-refractivity contribution in [3.8, 4) is 0 Å². The first-order valence-corrected chi connectivity index (χ1v) is 5.40. The number of carbonyl (C=O) groups excluding carboxylic acids is 1. The number of hydrogen-bond donors (Lipinski definition) is 0. The van der Waals surface area contributed by atoms with Gasteiger partial charge in [-0.25, -0.2) is 0 Å². The molecule has 1 saturated heterocycles. The average molecular weight is 224 g/mol. The summed E-state index contributed by atoms with van der Waals surface area (Å²) in [4.78, 5) is 19.3. The van der Waals surface area contributed by atoms with Crippen LogP contribution in [0.1, 0.15) is 25.6 Å². The van der Waals surface area contributed by atoms with Gasteiger partial charge in [0.05, 0.1) is 0 Å². The van der Waals surface area contributed by atoms with Crippen LogP contribution >= 0.6 is 0 Å². The van der Waals surface area contributed by atoms with Gasteiger partial charge in [-0.05, 0) is 0 Å². The third-order valence-electron chi connectivity index (χ3n) is 2.68. The van der Waals surface area contributed by atoms with E-state index < -0.39 is 0 Å². The van der Waals surface area contributed by atoms with E-state index in [2.05, 4.69) is 10.1 Å². The van der Waals surface area contributed by atoms with Crippen molar-refractivity contribution in [2.45, 2.75) is 19.8 Å². The predicted molar refractivity (Wildman–Crippen MR) is 58.2 cm³/mol. The summed E-state index contributed by atoms with van der Waals surface area (Å²) < 4.78 is 5.14. The van der Waals surface area contributed by atoms with Crippen molar-refractivity contribution in [1.82, 2.24) is 15.0 Å². The topological polar surface area (TPSA) is 62.5 Å². The molecule has 1 aliphatic heterocycles. The summed E-state index contributed by atoms with van der Waals surface area (Å²) in [5, 5.41) is 3.88. The van der Waals surface area contributed by atoms with E-state index in [-0.39, 0.29) is 11.8 Å². The second kappa shape index (κ2) is 4.11. The van der Waals surface area contributed by atoms with Gasteiger partial charge in [-0.1, -0.05) is 19.0 Å². The number of anilines is 1. The number of carbonyl (C=O) groups is 1. The lowest BCUT2D eigenvalue weighted by Gasteiger charge is -2.30. The number of hydrogen-bond acceptors (Lipinski definition) is 5. The van der Waals surface area contributed by atoms with Crippen molar-refractivity contribution in [3.63, 3.8) is 0 Å². The predicted octanol–water partition coefficient (Wildman–Crippen LogP) is 0.471. The van der Waals surface area contributed by atoms with Gasteiger partial charge in [0.1, 0.15) is 6.54 Å². The van der Waals surface area contributed by atoms with E-state index in [1.54, 1.807) is 11.9 Å². The molecule has 0 unspecified atom stereocenters. The first-order chi connectivity index (χ1) is 7.58. The van der Waals surface area contributed by atoms with Crippen LogP contribution in [0.2, 0.25) is 0 Å². The molecule has 0 aromatic carbocycles. The first-order valence-electron chi connectivity index (χ1n) is 5.40. The van der Waals surface area contributed by atoms with Gasteiger partial charge < -0.3 is 14.3 Å². The molecule has 2 rings (SSSR count). The molecule has 0 spiro atoms. The Morgan fingerprint density at radius 2 is 2.12 bits per heavy atom. The zero-order chi connectivity index (χ0) is 11.7. The minimum Gasteiger partial charge on any atom is -0.342 e. The SMILES string of the molecule is CC(C)c1noc(N2CCN(C)C(=O)C2)n1. The summed E-state index contributed by atoms with van der Waals surface area (Å²) in [5.74, 6) is 0.998. The highest BCUT2D eigenvalue weighted by molar-refractivity contribution is 5.81. The van der Waals surface area contributed by atoms with E-state index in [1.165, 1.54) is 0 Å². The molecule has 0 N–H and O–H groups in total. The van der Waals surface area contributed by atoms with Gasteiger partial charge in [-0.3, -0.25) is 4.79 Å². The molecule has 0 atom stereocenters. The Labute approximate surface area is 94.2 Å². The molecule has 1 aromatic rings. The Hall–Kier alpha value is -1.59. The maximum Gasteiger partial charge on any atom is 0.324 e. The Balaban J connectivity index is 2.09. The Bertz CT molecular complexity index is 388. The van der Waals surface area contributed by atoms with Crippen LogP contribution in [-0.4, -0.2) is 47.6 Å². The van der Waals surface area contributed by atoms with Crippen molar-refractivity contribution in [2.24, 2.45) is 0 Å². The van der Waals surface area contributed by atoms with Gasteiger partial charge in [0.15, 0.2) is 5.82 Å². The van der Waals surface area contributed by atoms with Crippen LogP contribution in [0.3, 0.4) is 0 Å². The largest absolute Gasteiger partial charge is 0.342 e. The highest BCUT2D eigenvalue weighted by Gasteiger charge is 2.25. The molecule has 1 amide bonds. The van der Waals surface area contributed by atoms with E-state index in [4.69, 9.17) is 4.52 Å². The van der Waals surface area contributed by atoms with Gasteiger partial charge in [-0.2, -0.15) is 4.98 Å². The standard InChI is InChI=1S/C10H16N4O2/c1-7(2)9-11-10(16-12-9)14-5-4-13(3)8(15)6-14/h7H,4-6H2,1-3H3. The number of rotatable bonds is 2. The summed E-state index contributed by atoms with van der Waals surface area (Å²) in [6, 6.07) is 0.449. The van der Waals surface area contributed by atoms with Crippen molar-refractivity contribution in [3.05, 3.63) is 5.82 Å². The van der Waals surface area contributed by atoms with Crippen LogP contribution in [0.5, 0.6) is 0 Å². The van der Waals surface area contributed by atoms with E-state index in [1.807, 2.05) is 18.7 Å². The molecule has 0 saturated carbocycles. The van der Waals surface area contributed by atoms with Crippen LogP contribution in [0.15, 0.2) is 4.52 Å². The number of likely N-dealkylation sites (N-methyl/N-ethyl adjacent to an activating group) is 1. The lowest BCUT2D eigenvalue weighted by atomic mass is 10.2. The maximum absolute atomic E-state index is 11.5. The number of aromatic nitrogens is 2. The van der Waals surface area contributed by atoms with Gasteiger partial charge in [0, 0.05) is 26.1 Å². The summed E-state index contributed by atoms with van der Waals surface area (Å²) in [6.45, 7) is 5.75. The quantitative estimate of drug-likeness (QED) is 0.730. The molecular formula is C10H16N4O2. The van der Waals surface area contributed by atoms with Crippen LogP contribution < -0.4 is 4.90 Å². The molecule has 88 valence electrons. The molecule has 1 fully saturated rings. The summed E-state index contributed by atoms with van der Waals surface area (Å²) in [7, 11) is 1.80. The smallest absolute Gasteiger partial charge is 0.324 e. The number of amides is 1. The maximum atomic E-state index is 11.5. The molecular weight excluding hydrogens is 208 g/mol. The Morgan fingerprint density at radius 1 is 1.38 bits per heavy atom. The van der Waals surface area contributed by atoms with Crippen molar-refractivity contribution in [2.75, 3.05) is 31.6 Å². The summed E-state index contributed by atoms with van der Waals surface area (Å²) in [5.41, 5.74) is 0. The minimum atomic E-state index is 0.0792. The molecule has 6 nitrogen and oxygen atoms in total. The second-order valence-electron chi connectivity index (χ2n) is 4.33. The van der Waals surface area contributed by atoms with Gasteiger partial charge in [0.25, 0.3) is 0 Å². The second-order valence-corrected chi connectivity index (χ2v) is 4.33. The fraction of sp³-hybridized carbons (Fsp3) is 0.700. The fourth-order valence-electron chi connectivity index (χ4n) is 1.51. The van der Waals surface area contributed by atoms with Gasteiger partial charge >= 0.3 is 6.01 Å². The van der Waals surface area contributed by atoms with Crippen LogP contribution in [0.25, 0.3) is 0 Å². The normalized spacial score (nSPS) is 17.4. The van der Waals surface area contributed by atoms with E-state index in [0.717, 1.165) is 6.54 Å². The monoisotopic (exact) mass is 224 g/mol. The molecule has 16 heavy (non-hydrogen) atoms. The molecule has 0 aliphatic carbocycles. The lowest BCUT2D eigenvalue weighted by Crippen LogP contribution is -2.48. The zero-order valence-electron chi connectivity index (χ0n) is 9.80. The molecule has 0 radical (unpaired) electrons. The third kappa shape index (κ3) is 2.00. The molecule has 2 heterocycles. The Morgan fingerprint density at radius 3 is 2.69 bits per heavy atom. The van der Waals surface area contributed by atoms with Crippen LogP contribution in [0.4, 0.5) is 6.01 Å². The Kier molecular flexibility index (Phi) is 2.80. The van der Waals surface area contributed by atoms with Gasteiger partial charge in [-0.15, -0.1) is 0 Å². The van der Waals surface area contributed by atoms with Crippen molar-refractivity contribution < 1.29 is 9.32 Å². The molecule has 1 aliphatic rings. The summed E-state index contributed by atoms with van der Waals surface area (Å²) >= 11 is 0. The minimum absolute atomic E-state index is 0.0792. The fourth-order valence-corrected chi connectivity index (χ4v) is 1.51. The molecule has 1 aromatic heterocycles. The molecule has 6 heteroatoms. The van der Waals surface area contributed by atoms with E-state index in [9.17, 15) is 4.79 Å². The highest BCUT2D eigenvalue weighted by Crippen LogP contribution is 2.17. The van der Waals surface area contributed by atoms with Crippen molar-refractivity contribution in [1.29, 1.82) is 0 Å². The van der Waals surface area contributed by atoms with Crippen LogP contribution in [-0.2, 0) is 4.79 Å². The number of nitrogens with zero attached hydrogens (tertiary/aromatic N) is 4. The molecule has 0 bridgehead atoms. The van der Waals surface area contributed by atoms with Crippen molar-refractivity contribution >= 4 is 11.9 Å². The lowest BCUT2D eigenvalue weighted by molar-refractivity contribution is -0.129.